The number of ether oxygens (including phenoxy) is 4. The molecule has 1 heterocycles. The molecule has 0 bridgehead atoms. The summed E-state index contributed by atoms with van der Waals surface area (Å²) in [4.78, 5) is 0. The largest absolute Gasteiger partial charge is 0.497 e. The summed E-state index contributed by atoms with van der Waals surface area (Å²) in [5.41, 5.74) is 0.946. The average Bonchev–Trinajstić information content (AvgIpc) is 3.36. The molecule has 7 nitrogen and oxygen atoms in total. The highest BCUT2D eigenvalue weighted by atomic mass is 28.4. The zero-order valence-electron chi connectivity index (χ0n) is 27.5. The van der Waals surface area contributed by atoms with Crippen LogP contribution in [0.5, 0.6) is 5.75 Å². The van der Waals surface area contributed by atoms with Crippen molar-refractivity contribution in [2.75, 3.05) is 13.7 Å². The molecule has 1 aliphatic heterocycles. The van der Waals surface area contributed by atoms with Crippen LogP contribution in [0.2, 0.25) is 5.04 Å². The number of aliphatic hydroxyl groups is 2. The van der Waals surface area contributed by atoms with Crippen LogP contribution < -0.4 is 15.1 Å². The van der Waals surface area contributed by atoms with Crippen molar-refractivity contribution in [3.05, 3.63) is 90.5 Å². The van der Waals surface area contributed by atoms with E-state index in [1.165, 1.54) is 10.4 Å². The second-order valence-electron chi connectivity index (χ2n) is 12.9. The number of hydrogen-bond donors (Lipinski definition) is 2. The van der Waals surface area contributed by atoms with Crippen molar-refractivity contribution in [2.45, 2.75) is 95.9 Å². The first-order valence-corrected chi connectivity index (χ1v) is 17.5. The molecular weight excluding hydrogens is 584 g/mol. The van der Waals surface area contributed by atoms with E-state index in [1.54, 1.807) is 27.9 Å². The predicted molar refractivity (Wildman–Crippen MR) is 179 cm³/mol. The van der Waals surface area contributed by atoms with Gasteiger partial charge in [0.15, 0.2) is 5.79 Å². The molecule has 5 atom stereocenters. The SMILES string of the molecule is COc1ccc(CO[C@@H](C)[C@H](O)[C@H]2OC(C)(C)O[C@H]2[C@H](O)C#CCCO[Si](c2ccccc2)(c2ccccc2)C(C)(C)C)cc1. The Morgan fingerprint density at radius 3 is 1.96 bits per heavy atom. The van der Waals surface area contributed by atoms with Crippen LogP contribution in [0.4, 0.5) is 0 Å². The van der Waals surface area contributed by atoms with Crippen molar-refractivity contribution in [1.29, 1.82) is 0 Å². The van der Waals surface area contributed by atoms with Crippen LogP contribution in [0.1, 0.15) is 53.5 Å². The summed E-state index contributed by atoms with van der Waals surface area (Å²) < 4.78 is 30.1. The number of methoxy groups -OCH3 is 1. The van der Waals surface area contributed by atoms with Gasteiger partial charge in [-0.25, -0.2) is 0 Å². The lowest BCUT2D eigenvalue weighted by Crippen LogP contribution is -2.66. The quantitative estimate of drug-likeness (QED) is 0.168. The van der Waals surface area contributed by atoms with Crippen molar-refractivity contribution in [2.24, 2.45) is 0 Å². The van der Waals surface area contributed by atoms with Gasteiger partial charge < -0.3 is 33.6 Å². The monoisotopic (exact) mass is 632 g/mol. The summed E-state index contributed by atoms with van der Waals surface area (Å²) in [6.45, 7) is 12.7. The van der Waals surface area contributed by atoms with Gasteiger partial charge in [-0.3, -0.25) is 0 Å². The summed E-state index contributed by atoms with van der Waals surface area (Å²) in [5, 5.41) is 24.6. The van der Waals surface area contributed by atoms with Gasteiger partial charge in [0.1, 0.15) is 30.2 Å². The first-order valence-electron chi connectivity index (χ1n) is 15.6. The van der Waals surface area contributed by atoms with Crippen molar-refractivity contribution in [3.63, 3.8) is 0 Å². The van der Waals surface area contributed by atoms with Gasteiger partial charge in [0.2, 0.25) is 0 Å². The molecule has 8 heteroatoms. The first-order chi connectivity index (χ1) is 21.4. The Hall–Kier alpha value is -3.00. The summed E-state index contributed by atoms with van der Waals surface area (Å²) in [7, 11) is -1.06. The molecule has 242 valence electrons. The fourth-order valence-corrected chi connectivity index (χ4v) is 10.5. The zero-order valence-corrected chi connectivity index (χ0v) is 28.5. The van der Waals surface area contributed by atoms with E-state index in [1.807, 2.05) is 36.4 Å². The summed E-state index contributed by atoms with van der Waals surface area (Å²) in [6, 6.07) is 28.5. The lowest BCUT2D eigenvalue weighted by atomic mass is 10.00. The summed E-state index contributed by atoms with van der Waals surface area (Å²) in [6.07, 6.45) is -4.07. The molecule has 1 fully saturated rings. The van der Waals surface area contributed by atoms with Crippen molar-refractivity contribution in [1.82, 2.24) is 0 Å². The van der Waals surface area contributed by atoms with Gasteiger partial charge in [0, 0.05) is 13.0 Å². The van der Waals surface area contributed by atoms with E-state index in [0.717, 1.165) is 11.3 Å². The molecule has 1 saturated heterocycles. The van der Waals surface area contributed by atoms with E-state index < -0.39 is 44.6 Å². The van der Waals surface area contributed by atoms with Gasteiger partial charge in [-0.2, -0.15) is 0 Å². The normalized spacial score (nSPS) is 20.1. The van der Waals surface area contributed by atoms with Gasteiger partial charge in [0.25, 0.3) is 8.32 Å². The molecule has 3 aromatic carbocycles. The number of benzene rings is 3. The van der Waals surface area contributed by atoms with E-state index >= 15 is 0 Å². The van der Waals surface area contributed by atoms with Crippen LogP contribution in [-0.4, -0.2) is 68.6 Å². The van der Waals surface area contributed by atoms with Crippen LogP contribution >= 0.6 is 0 Å². The van der Waals surface area contributed by atoms with E-state index in [9.17, 15) is 10.2 Å². The van der Waals surface area contributed by atoms with E-state index in [2.05, 4.69) is 81.1 Å². The smallest absolute Gasteiger partial charge is 0.261 e. The highest BCUT2D eigenvalue weighted by molar-refractivity contribution is 6.99. The van der Waals surface area contributed by atoms with Crippen LogP contribution in [0.3, 0.4) is 0 Å². The van der Waals surface area contributed by atoms with Gasteiger partial charge >= 0.3 is 0 Å². The maximum Gasteiger partial charge on any atom is 0.261 e. The highest BCUT2D eigenvalue weighted by Gasteiger charge is 2.50. The molecule has 1 aliphatic rings. The third-order valence-electron chi connectivity index (χ3n) is 8.18. The fraction of sp³-hybridized carbons (Fsp3) is 0.459. The first kappa shape index (κ1) is 34.9. The fourth-order valence-electron chi connectivity index (χ4n) is 5.92. The number of aliphatic hydroxyl groups excluding tert-OH is 2. The Kier molecular flexibility index (Phi) is 11.7. The molecule has 0 unspecified atom stereocenters. The highest BCUT2D eigenvalue weighted by Crippen LogP contribution is 2.37. The molecule has 0 aromatic heterocycles. The maximum absolute atomic E-state index is 11.2. The van der Waals surface area contributed by atoms with Gasteiger partial charge in [-0.15, -0.1) is 0 Å². The van der Waals surface area contributed by atoms with E-state index in [-0.39, 0.29) is 5.04 Å². The molecule has 0 saturated carbocycles. The lowest BCUT2D eigenvalue weighted by Gasteiger charge is -2.43. The molecule has 3 aromatic rings. The Labute approximate surface area is 269 Å². The second-order valence-corrected chi connectivity index (χ2v) is 17.3. The standard InChI is InChI=1S/C37H48O7Si/c1-27(41-26-28-21-23-29(40-7)24-22-28)33(39)35-34(43-37(5,6)44-35)32(38)20-14-15-25-42-45(36(2,3)4,30-16-10-8-11-17-30)31-18-12-9-13-19-31/h8-13,16-19,21-24,27,32-35,38-39H,15,25-26H2,1-7H3/t27-,32+,33-,34-,35+/m0/s1. The molecule has 4 rings (SSSR count). The minimum absolute atomic E-state index is 0.140. The number of rotatable bonds is 12. The molecule has 2 N–H and O–H groups in total. The van der Waals surface area contributed by atoms with Crippen LogP contribution in [0.25, 0.3) is 0 Å². The Balaban J connectivity index is 1.42. The van der Waals surface area contributed by atoms with Crippen molar-refractivity contribution in [3.8, 4) is 17.6 Å². The summed E-state index contributed by atoms with van der Waals surface area (Å²) in [5.74, 6) is 5.79. The van der Waals surface area contributed by atoms with Crippen LogP contribution in [0, 0.1) is 11.8 Å². The minimum Gasteiger partial charge on any atom is -0.497 e. The predicted octanol–water partition coefficient (Wildman–Crippen LogP) is 4.81. The van der Waals surface area contributed by atoms with Crippen molar-refractivity contribution >= 4 is 18.7 Å². The van der Waals surface area contributed by atoms with Gasteiger partial charge in [-0.1, -0.05) is 105 Å². The molecular formula is C37H48O7Si. The van der Waals surface area contributed by atoms with Gasteiger partial charge in [-0.05, 0) is 53.9 Å². The lowest BCUT2D eigenvalue weighted by molar-refractivity contribution is -0.167. The maximum atomic E-state index is 11.2. The Bertz CT molecular complexity index is 1350. The molecule has 0 spiro atoms. The number of hydrogen-bond acceptors (Lipinski definition) is 7. The minimum atomic E-state index is -2.68. The van der Waals surface area contributed by atoms with E-state index in [0.29, 0.717) is 19.6 Å². The molecule has 0 amide bonds. The van der Waals surface area contributed by atoms with Gasteiger partial charge in [0.05, 0.1) is 19.8 Å². The third-order valence-corrected chi connectivity index (χ3v) is 13.2. The molecule has 45 heavy (non-hydrogen) atoms. The van der Waals surface area contributed by atoms with Crippen LogP contribution in [-0.2, 0) is 25.2 Å². The molecule has 0 aliphatic carbocycles. The van der Waals surface area contributed by atoms with Crippen LogP contribution in [0.15, 0.2) is 84.9 Å². The topological polar surface area (TPSA) is 86.6 Å². The third kappa shape index (κ3) is 8.43. The Morgan fingerprint density at radius 2 is 1.42 bits per heavy atom. The van der Waals surface area contributed by atoms with E-state index in [4.69, 9.17) is 23.4 Å². The summed E-state index contributed by atoms with van der Waals surface area (Å²) >= 11 is 0. The van der Waals surface area contributed by atoms with Crippen molar-refractivity contribution < 1.29 is 33.6 Å². The molecule has 0 radical (unpaired) electrons. The Morgan fingerprint density at radius 1 is 0.867 bits per heavy atom. The second kappa shape index (κ2) is 15.1. The average molecular weight is 633 g/mol. The zero-order chi connectivity index (χ0) is 32.7.